The first-order valence-corrected chi connectivity index (χ1v) is 12.6. The van der Waals surface area contributed by atoms with Gasteiger partial charge in [-0.1, -0.05) is 49.2 Å². The number of halogens is 3. The minimum absolute atomic E-state index is 0.103. The topological polar surface area (TPSA) is 81.7 Å². The van der Waals surface area contributed by atoms with Crippen molar-refractivity contribution in [1.82, 2.24) is 24.9 Å². The van der Waals surface area contributed by atoms with Crippen LogP contribution in [0.1, 0.15) is 86.8 Å². The molecule has 4 rings (SSSR count). The van der Waals surface area contributed by atoms with Crippen LogP contribution < -0.4 is 5.32 Å². The number of benzene rings is 1. The van der Waals surface area contributed by atoms with Crippen LogP contribution in [0.3, 0.4) is 0 Å². The lowest BCUT2D eigenvalue weighted by atomic mass is 9.95. The highest BCUT2D eigenvalue weighted by molar-refractivity contribution is 7.99. The van der Waals surface area contributed by atoms with Gasteiger partial charge < -0.3 is 14.4 Å². The van der Waals surface area contributed by atoms with Gasteiger partial charge in [-0.15, -0.1) is 10.2 Å². The van der Waals surface area contributed by atoms with Crippen molar-refractivity contribution in [3.63, 3.8) is 0 Å². The summed E-state index contributed by atoms with van der Waals surface area (Å²) in [4.78, 5) is 4.49. The largest absolute Gasteiger partial charge is 0.416 e. The Labute approximate surface area is 200 Å². The Bertz CT molecular complexity index is 1080. The molecule has 2 heterocycles. The van der Waals surface area contributed by atoms with E-state index in [0.29, 0.717) is 23.2 Å². The first-order chi connectivity index (χ1) is 16.3. The Kier molecular flexibility index (Phi) is 7.80. The zero-order valence-corrected chi connectivity index (χ0v) is 20.1. The van der Waals surface area contributed by atoms with E-state index in [9.17, 15) is 13.2 Å². The monoisotopic (exact) mass is 494 g/mol. The summed E-state index contributed by atoms with van der Waals surface area (Å²) in [5, 5.41) is 16.6. The summed E-state index contributed by atoms with van der Waals surface area (Å²) in [6.45, 7) is 4.34. The van der Waals surface area contributed by atoms with Crippen molar-refractivity contribution in [3.05, 3.63) is 47.4 Å². The molecule has 0 bridgehead atoms. The summed E-state index contributed by atoms with van der Waals surface area (Å²) < 4.78 is 46.8. The van der Waals surface area contributed by atoms with Crippen LogP contribution in [0.4, 0.5) is 18.9 Å². The molecule has 1 saturated carbocycles. The van der Waals surface area contributed by atoms with Crippen molar-refractivity contribution in [2.75, 3.05) is 5.32 Å². The summed E-state index contributed by atoms with van der Waals surface area (Å²) in [6.07, 6.45) is 2.85. The highest BCUT2D eigenvalue weighted by atomic mass is 32.2. The SMILES string of the molecule is CCCc1noc(C(C)Sc2nnc(CNc3cccc(C(F)(F)F)c3)n2C2CCCCC2)n1. The van der Waals surface area contributed by atoms with E-state index in [4.69, 9.17) is 4.52 Å². The van der Waals surface area contributed by atoms with E-state index in [2.05, 4.69) is 37.1 Å². The summed E-state index contributed by atoms with van der Waals surface area (Å²) in [5.41, 5.74) is -0.289. The summed E-state index contributed by atoms with van der Waals surface area (Å²) in [7, 11) is 0. The molecule has 2 aromatic heterocycles. The second kappa shape index (κ2) is 10.8. The Balaban J connectivity index is 1.53. The fraction of sp³-hybridized carbons (Fsp3) is 0.565. The van der Waals surface area contributed by atoms with Gasteiger partial charge in [0.2, 0.25) is 5.89 Å². The maximum absolute atomic E-state index is 13.1. The van der Waals surface area contributed by atoms with Crippen molar-refractivity contribution in [2.45, 2.75) is 88.0 Å². The third-order valence-corrected chi connectivity index (χ3v) is 6.95. The highest BCUT2D eigenvalue weighted by Crippen LogP contribution is 2.38. The molecule has 1 aliphatic carbocycles. The van der Waals surface area contributed by atoms with E-state index in [-0.39, 0.29) is 17.8 Å². The van der Waals surface area contributed by atoms with Gasteiger partial charge in [-0.05, 0) is 44.4 Å². The third kappa shape index (κ3) is 5.92. The predicted octanol–water partition coefficient (Wildman–Crippen LogP) is 6.60. The lowest BCUT2D eigenvalue weighted by Gasteiger charge is -2.26. The molecule has 7 nitrogen and oxygen atoms in total. The second-order valence-corrected chi connectivity index (χ2v) is 9.86. The Morgan fingerprint density at radius 2 is 2.00 bits per heavy atom. The van der Waals surface area contributed by atoms with Crippen LogP contribution in [0.5, 0.6) is 0 Å². The van der Waals surface area contributed by atoms with Gasteiger partial charge in [0.15, 0.2) is 16.8 Å². The smallest absolute Gasteiger partial charge is 0.378 e. The molecule has 1 aromatic carbocycles. The minimum atomic E-state index is -4.38. The molecule has 0 amide bonds. The molecule has 3 aromatic rings. The van der Waals surface area contributed by atoms with Gasteiger partial charge in [0, 0.05) is 18.2 Å². The Hall–Kier alpha value is -2.56. The van der Waals surface area contributed by atoms with Crippen molar-refractivity contribution >= 4 is 17.4 Å². The number of nitrogens with one attached hydrogen (secondary N) is 1. The maximum Gasteiger partial charge on any atom is 0.416 e. The van der Waals surface area contributed by atoms with Crippen LogP contribution in [0.15, 0.2) is 33.9 Å². The molecule has 1 N–H and O–H groups in total. The van der Waals surface area contributed by atoms with Gasteiger partial charge in [0.1, 0.15) is 0 Å². The second-order valence-electron chi connectivity index (χ2n) is 8.55. The van der Waals surface area contributed by atoms with E-state index >= 15 is 0 Å². The zero-order chi connectivity index (χ0) is 24.1. The van der Waals surface area contributed by atoms with Gasteiger partial charge in [0.05, 0.1) is 17.4 Å². The lowest BCUT2D eigenvalue weighted by molar-refractivity contribution is -0.137. The molecule has 0 spiro atoms. The molecule has 11 heteroatoms. The molecule has 1 unspecified atom stereocenters. The third-order valence-electron chi connectivity index (χ3n) is 5.90. The fourth-order valence-electron chi connectivity index (χ4n) is 4.17. The molecule has 0 radical (unpaired) electrons. The summed E-state index contributed by atoms with van der Waals surface area (Å²) in [6, 6.07) is 5.46. The summed E-state index contributed by atoms with van der Waals surface area (Å²) in [5.74, 6) is 1.95. The van der Waals surface area contributed by atoms with E-state index in [1.54, 1.807) is 6.07 Å². The van der Waals surface area contributed by atoms with E-state index in [1.807, 2.05) is 6.92 Å². The zero-order valence-electron chi connectivity index (χ0n) is 19.3. The number of aromatic nitrogens is 5. The highest BCUT2D eigenvalue weighted by Gasteiger charge is 2.30. The fourth-order valence-corrected chi connectivity index (χ4v) is 5.14. The van der Waals surface area contributed by atoms with Crippen LogP contribution in [0.2, 0.25) is 0 Å². The number of thioether (sulfide) groups is 1. The van der Waals surface area contributed by atoms with Crippen LogP contribution >= 0.6 is 11.8 Å². The standard InChI is InChI=1S/C23H29F3N6OS/c1-3-8-19-28-21(33-31-19)15(2)34-22-30-29-20(32(22)18-11-5-4-6-12-18)14-27-17-10-7-9-16(13-17)23(24,25)26/h7,9-10,13,15,18,27H,3-6,8,11-12,14H2,1-2H3. The van der Waals surface area contributed by atoms with Crippen molar-refractivity contribution < 1.29 is 17.7 Å². The number of anilines is 1. The van der Waals surface area contributed by atoms with Crippen molar-refractivity contribution in [2.24, 2.45) is 0 Å². The van der Waals surface area contributed by atoms with Crippen LogP contribution in [-0.2, 0) is 19.1 Å². The number of nitrogens with zero attached hydrogens (tertiary/aromatic N) is 5. The van der Waals surface area contributed by atoms with Crippen LogP contribution in [-0.4, -0.2) is 24.9 Å². The molecule has 0 saturated heterocycles. The number of aryl methyl sites for hydroxylation is 1. The molecule has 1 fully saturated rings. The molecule has 0 aliphatic heterocycles. The van der Waals surface area contributed by atoms with Crippen molar-refractivity contribution in [1.29, 1.82) is 0 Å². The Morgan fingerprint density at radius 1 is 1.21 bits per heavy atom. The molecule has 184 valence electrons. The first kappa shape index (κ1) is 24.6. The van der Waals surface area contributed by atoms with Crippen molar-refractivity contribution in [3.8, 4) is 0 Å². The molecule has 34 heavy (non-hydrogen) atoms. The normalized spacial score (nSPS) is 16.0. The van der Waals surface area contributed by atoms with E-state index in [0.717, 1.165) is 55.8 Å². The number of hydrogen-bond donors (Lipinski definition) is 1. The molecular formula is C23H29F3N6OS. The summed E-state index contributed by atoms with van der Waals surface area (Å²) >= 11 is 1.51. The average molecular weight is 495 g/mol. The molecule has 1 atom stereocenters. The van der Waals surface area contributed by atoms with E-state index < -0.39 is 11.7 Å². The number of hydrogen-bond acceptors (Lipinski definition) is 7. The Morgan fingerprint density at radius 3 is 2.74 bits per heavy atom. The molecule has 1 aliphatic rings. The lowest BCUT2D eigenvalue weighted by Crippen LogP contribution is -2.18. The van der Waals surface area contributed by atoms with Gasteiger partial charge in [0.25, 0.3) is 0 Å². The van der Waals surface area contributed by atoms with Crippen LogP contribution in [0.25, 0.3) is 0 Å². The van der Waals surface area contributed by atoms with Gasteiger partial charge in [-0.25, -0.2) is 0 Å². The average Bonchev–Trinajstić information content (AvgIpc) is 3.45. The number of rotatable bonds is 9. The van der Waals surface area contributed by atoms with Gasteiger partial charge >= 0.3 is 6.18 Å². The quantitative estimate of drug-likeness (QED) is 0.336. The predicted molar refractivity (Wildman–Crippen MR) is 123 cm³/mol. The maximum atomic E-state index is 13.1. The minimum Gasteiger partial charge on any atom is -0.378 e. The van der Waals surface area contributed by atoms with Gasteiger partial charge in [-0.3, -0.25) is 0 Å². The van der Waals surface area contributed by atoms with Gasteiger partial charge in [-0.2, -0.15) is 18.2 Å². The first-order valence-electron chi connectivity index (χ1n) is 11.7. The number of alkyl halides is 3. The molecular weight excluding hydrogens is 465 g/mol. The van der Waals surface area contributed by atoms with Crippen LogP contribution in [0, 0.1) is 0 Å². The van der Waals surface area contributed by atoms with E-state index in [1.165, 1.54) is 24.2 Å².